The summed E-state index contributed by atoms with van der Waals surface area (Å²) in [5.74, 6) is 0. The molecule has 10 aromatic rings. The molecule has 4 nitrogen and oxygen atoms in total. The van der Waals surface area contributed by atoms with Crippen molar-refractivity contribution >= 4 is 43.6 Å². The lowest BCUT2D eigenvalue weighted by Crippen LogP contribution is -2.07. The molecule has 0 spiro atoms. The Hall–Kier alpha value is -7.87. The van der Waals surface area contributed by atoms with Crippen LogP contribution in [0, 0.1) is 64.2 Å². The maximum Gasteiger partial charge on any atom is 0.416 e. The van der Waals surface area contributed by atoms with Crippen LogP contribution in [-0.2, 0) is 6.18 Å². The van der Waals surface area contributed by atoms with Crippen LogP contribution >= 0.6 is 0 Å². The van der Waals surface area contributed by atoms with Crippen LogP contribution < -0.4 is 0 Å². The molecule has 0 bridgehead atoms. The highest BCUT2D eigenvalue weighted by molar-refractivity contribution is 6.12. The smallest absolute Gasteiger partial charge is 0.309 e. The Bertz CT molecular complexity index is 3650. The summed E-state index contributed by atoms with van der Waals surface area (Å²) in [4.78, 5) is 0. The van der Waals surface area contributed by atoms with Crippen LogP contribution in [0.15, 0.2) is 140 Å². The van der Waals surface area contributed by atoms with Crippen molar-refractivity contribution in [1.82, 2.24) is 9.13 Å². The van der Waals surface area contributed by atoms with Crippen molar-refractivity contribution < 1.29 is 13.2 Å². The second-order valence-corrected chi connectivity index (χ2v) is 17.1. The molecule has 0 amide bonds. The predicted octanol–water partition coefficient (Wildman–Crippen LogP) is 15.5. The number of aryl methyl sites for hydroxylation is 6. The number of alkyl halides is 3. The van der Waals surface area contributed by atoms with Crippen molar-refractivity contribution in [3.63, 3.8) is 0 Å². The molecule has 0 saturated heterocycles. The largest absolute Gasteiger partial charge is 0.416 e. The normalized spacial score (nSPS) is 11.8. The summed E-state index contributed by atoms with van der Waals surface area (Å²) in [5.41, 5.74) is 15.8. The minimum absolute atomic E-state index is 0.122. The van der Waals surface area contributed by atoms with E-state index < -0.39 is 11.7 Å². The van der Waals surface area contributed by atoms with Crippen molar-refractivity contribution in [1.29, 1.82) is 10.5 Å². The highest BCUT2D eigenvalue weighted by Crippen LogP contribution is 2.44. The van der Waals surface area contributed by atoms with Crippen LogP contribution in [0.2, 0.25) is 0 Å². The van der Waals surface area contributed by atoms with E-state index in [-0.39, 0.29) is 11.1 Å². The standard InChI is InChI=1S/C57H41F3N4/c1-32-19-34(3)55(35(4)20-32)39-15-17-51-47(26-39)44-11-7-9-13-49(44)63(51)53-29-46(41-23-38(30-61)24-43(25-41)57(58,59)60)54(28-42(53)31-62)64-50-14-10-8-12-45(50)48-27-40(16-18-52(48)64)56-36(5)21-33(2)22-37(56)6/h7-29H,1-6H3. The molecule has 0 unspecified atom stereocenters. The molecule has 7 heteroatoms. The molecule has 0 atom stereocenters. The second kappa shape index (κ2) is 14.9. The Balaban J connectivity index is 1.30. The summed E-state index contributed by atoms with van der Waals surface area (Å²) in [7, 11) is 0. The van der Waals surface area contributed by atoms with Crippen molar-refractivity contribution in [3.05, 3.63) is 190 Å². The van der Waals surface area contributed by atoms with Gasteiger partial charge in [-0.15, -0.1) is 0 Å². The number of aromatic nitrogens is 2. The first-order valence-electron chi connectivity index (χ1n) is 21.2. The van der Waals surface area contributed by atoms with E-state index in [0.29, 0.717) is 22.5 Å². The number of hydrogen-bond acceptors (Lipinski definition) is 2. The van der Waals surface area contributed by atoms with E-state index in [0.717, 1.165) is 89.1 Å². The molecule has 2 heterocycles. The third kappa shape index (κ3) is 6.43. The summed E-state index contributed by atoms with van der Waals surface area (Å²) in [6.45, 7) is 12.7. The molecule has 0 fully saturated rings. The number of para-hydroxylation sites is 2. The Morgan fingerprint density at radius 2 is 0.906 bits per heavy atom. The fraction of sp³-hybridized carbons (Fsp3) is 0.123. The molecule has 0 N–H and O–H groups in total. The first-order chi connectivity index (χ1) is 30.7. The van der Waals surface area contributed by atoms with Gasteiger partial charge < -0.3 is 9.13 Å². The van der Waals surface area contributed by atoms with Gasteiger partial charge in [-0.2, -0.15) is 23.7 Å². The molecule has 310 valence electrons. The number of rotatable bonds is 5. The van der Waals surface area contributed by atoms with Gasteiger partial charge in [-0.05, 0) is 158 Å². The number of nitrogens with zero attached hydrogens (tertiary/aromatic N) is 4. The molecular formula is C57H41F3N4. The van der Waals surface area contributed by atoms with Crippen LogP contribution in [0.5, 0.6) is 0 Å². The summed E-state index contributed by atoms with van der Waals surface area (Å²) in [6.07, 6.45) is -4.72. The van der Waals surface area contributed by atoms with Crippen LogP contribution in [-0.4, -0.2) is 9.13 Å². The topological polar surface area (TPSA) is 57.4 Å². The van der Waals surface area contributed by atoms with E-state index in [1.165, 1.54) is 28.3 Å². The van der Waals surface area contributed by atoms with Gasteiger partial charge in [0.2, 0.25) is 0 Å². The van der Waals surface area contributed by atoms with E-state index in [9.17, 15) is 23.7 Å². The fourth-order valence-electron chi connectivity index (χ4n) is 10.3. The van der Waals surface area contributed by atoms with E-state index >= 15 is 0 Å². The maximum absolute atomic E-state index is 14.7. The Morgan fingerprint density at radius 3 is 1.38 bits per heavy atom. The average Bonchev–Trinajstić information content (AvgIpc) is 3.77. The summed E-state index contributed by atoms with van der Waals surface area (Å²) in [6, 6.07) is 49.0. The summed E-state index contributed by atoms with van der Waals surface area (Å²) in [5, 5.41) is 25.1. The van der Waals surface area contributed by atoms with E-state index in [4.69, 9.17) is 0 Å². The van der Waals surface area contributed by atoms with Gasteiger partial charge in [-0.25, -0.2) is 0 Å². The molecule has 2 aromatic heterocycles. The average molecular weight is 839 g/mol. The minimum Gasteiger partial charge on any atom is -0.309 e. The van der Waals surface area contributed by atoms with Gasteiger partial charge in [-0.1, -0.05) is 83.9 Å². The Kier molecular flexibility index (Phi) is 9.36. The summed E-state index contributed by atoms with van der Waals surface area (Å²) >= 11 is 0. The van der Waals surface area contributed by atoms with Crippen LogP contribution in [0.25, 0.3) is 88.4 Å². The highest BCUT2D eigenvalue weighted by atomic mass is 19.4. The molecule has 0 aliphatic heterocycles. The maximum atomic E-state index is 14.7. The van der Waals surface area contributed by atoms with E-state index in [1.807, 2.05) is 57.7 Å². The highest BCUT2D eigenvalue weighted by Gasteiger charge is 2.32. The van der Waals surface area contributed by atoms with Crippen LogP contribution in [0.3, 0.4) is 0 Å². The van der Waals surface area contributed by atoms with E-state index in [1.54, 1.807) is 6.07 Å². The number of hydrogen-bond donors (Lipinski definition) is 0. The SMILES string of the molecule is Cc1cc(C)c(-c2ccc3c(c2)c2ccccc2n3-c2cc(-c3cc(C#N)cc(C(F)(F)F)c3)c(-n3c4ccccc4c4cc(-c5c(C)cc(C)cc5C)ccc43)cc2C#N)c(C)c1. The number of halogens is 3. The lowest BCUT2D eigenvalue weighted by Gasteiger charge is -2.20. The molecule has 8 aromatic carbocycles. The fourth-order valence-corrected chi connectivity index (χ4v) is 10.3. The zero-order valence-electron chi connectivity index (χ0n) is 36.2. The zero-order chi connectivity index (χ0) is 44.8. The molecule has 10 rings (SSSR count). The van der Waals surface area contributed by atoms with Gasteiger partial charge in [0.05, 0.1) is 56.2 Å². The molecule has 0 aliphatic rings. The molecule has 0 saturated carbocycles. The molecular weight excluding hydrogens is 798 g/mol. The third-order valence-electron chi connectivity index (χ3n) is 12.7. The van der Waals surface area contributed by atoms with Gasteiger partial charge in [0.1, 0.15) is 6.07 Å². The first kappa shape index (κ1) is 40.2. The number of nitriles is 2. The van der Waals surface area contributed by atoms with Gasteiger partial charge >= 0.3 is 6.18 Å². The summed E-state index contributed by atoms with van der Waals surface area (Å²) < 4.78 is 48.1. The van der Waals surface area contributed by atoms with Crippen molar-refractivity contribution in [2.45, 2.75) is 47.7 Å². The second-order valence-electron chi connectivity index (χ2n) is 17.1. The van der Waals surface area contributed by atoms with Gasteiger partial charge in [0.15, 0.2) is 0 Å². The van der Waals surface area contributed by atoms with Crippen molar-refractivity contribution in [2.75, 3.05) is 0 Å². The molecule has 0 aliphatic carbocycles. The third-order valence-corrected chi connectivity index (χ3v) is 12.7. The van der Waals surface area contributed by atoms with Gasteiger partial charge in [0, 0.05) is 27.1 Å². The Labute approximate surface area is 369 Å². The predicted molar refractivity (Wildman–Crippen MR) is 254 cm³/mol. The molecule has 0 radical (unpaired) electrons. The zero-order valence-corrected chi connectivity index (χ0v) is 36.2. The van der Waals surface area contributed by atoms with Crippen molar-refractivity contribution in [2.24, 2.45) is 0 Å². The van der Waals surface area contributed by atoms with Crippen LogP contribution in [0.4, 0.5) is 13.2 Å². The van der Waals surface area contributed by atoms with E-state index in [2.05, 4.69) is 120 Å². The van der Waals surface area contributed by atoms with Crippen molar-refractivity contribution in [3.8, 4) is 56.9 Å². The lowest BCUT2D eigenvalue weighted by molar-refractivity contribution is -0.137. The molecule has 64 heavy (non-hydrogen) atoms. The lowest BCUT2D eigenvalue weighted by atomic mass is 9.93. The number of fused-ring (bicyclic) bond motifs is 6. The quantitative estimate of drug-likeness (QED) is 0.173. The number of benzene rings is 8. The Morgan fingerprint density at radius 1 is 0.438 bits per heavy atom. The van der Waals surface area contributed by atoms with Gasteiger partial charge in [0.25, 0.3) is 0 Å². The van der Waals surface area contributed by atoms with Gasteiger partial charge in [-0.3, -0.25) is 0 Å². The first-order valence-corrected chi connectivity index (χ1v) is 21.2. The minimum atomic E-state index is -4.72. The monoisotopic (exact) mass is 838 g/mol. The van der Waals surface area contributed by atoms with Crippen LogP contribution in [0.1, 0.15) is 50.1 Å².